The van der Waals surface area contributed by atoms with Gasteiger partial charge in [-0.3, -0.25) is 4.79 Å². The molecule has 3 aromatic rings. The number of esters is 1. The summed E-state index contributed by atoms with van der Waals surface area (Å²) >= 11 is 8.00. The van der Waals surface area contributed by atoms with E-state index in [2.05, 4.69) is 15.4 Å². The molecule has 0 aliphatic heterocycles. The summed E-state index contributed by atoms with van der Waals surface area (Å²) in [5.41, 5.74) is 0.985. The molecule has 1 aromatic carbocycles. The van der Waals surface area contributed by atoms with Gasteiger partial charge in [-0.1, -0.05) is 11.6 Å². The van der Waals surface area contributed by atoms with Crippen LogP contribution in [0.3, 0.4) is 0 Å². The van der Waals surface area contributed by atoms with E-state index in [1.807, 2.05) is 22.6 Å². The van der Waals surface area contributed by atoms with Crippen molar-refractivity contribution >= 4 is 57.8 Å². The van der Waals surface area contributed by atoms with Crippen molar-refractivity contribution in [1.29, 1.82) is 0 Å². The second-order valence-corrected chi connectivity index (χ2v) is 6.63. The fraction of sp³-hybridized carbons (Fsp3) is 0.0588. The smallest absolute Gasteiger partial charge is 0.331 e. The zero-order chi connectivity index (χ0) is 19.2. The Hall–Kier alpha value is -2.66. The fourth-order valence-corrected chi connectivity index (χ4v) is 2.69. The minimum Gasteiger partial charge on any atom is -0.452 e. The normalized spacial score (nSPS) is 10.9. The lowest BCUT2D eigenvalue weighted by molar-refractivity contribution is -0.142. The monoisotopic (exact) mass is 498 g/mol. The van der Waals surface area contributed by atoms with Crippen molar-refractivity contribution in [3.05, 3.63) is 63.6 Å². The van der Waals surface area contributed by atoms with Gasteiger partial charge in [-0.15, -0.1) is 0 Å². The number of carbonyl (C=O) groups is 2. The maximum Gasteiger partial charge on any atom is 0.331 e. The minimum atomic E-state index is -0.667. The molecule has 0 saturated carbocycles. The maximum absolute atomic E-state index is 12.1. The van der Waals surface area contributed by atoms with E-state index >= 15 is 0 Å². The van der Waals surface area contributed by atoms with Gasteiger partial charge in [0.25, 0.3) is 5.91 Å². The average molecular weight is 499 g/mol. The molecule has 1 amide bonds. The molecule has 0 aliphatic carbocycles. The molecule has 0 bridgehead atoms. The van der Waals surface area contributed by atoms with Crippen LogP contribution in [-0.4, -0.2) is 33.2 Å². The molecule has 0 aliphatic rings. The summed E-state index contributed by atoms with van der Waals surface area (Å²) in [6, 6.07) is 8.39. The van der Waals surface area contributed by atoms with Crippen molar-refractivity contribution in [3.63, 3.8) is 0 Å². The lowest BCUT2D eigenvalue weighted by Crippen LogP contribution is -2.21. The average Bonchev–Trinajstić information content (AvgIpc) is 3.30. The molecule has 0 saturated heterocycles. The van der Waals surface area contributed by atoms with Gasteiger partial charge in [0.15, 0.2) is 10.4 Å². The number of aromatic nitrogens is 3. The van der Waals surface area contributed by atoms with E-state index < -0.39 is 18.5 Å². The number of halogens is 2. The van der Waals surface area contributed by atoms with Gasteiger partial charge >= 0.3 is 5.97 Å². The zero-order valence-corrected chi connectivity index (χ0v) is 16.5. The van der Waals surface area contributed by atoms with E-state index in [9.17, 15) is 9.59 Å². The number of hydrogen-bond donors (Lipinski definition) is 1. The fourth-order valence-electron chi connectivity index (χ4n) is 2.08. The highest BCUT2D eigenvalue weighted by Gasteiger charge is 2.11. The molecule has 2 heterocycles. The van der Waals surface area contributed by atoms with Crippen molar-refractivity contribution in [2.75, 3.05) is 11.9 Å². The predicted molar refractivity (Wildman–Crippen MR) is 106 cm³/mol. The third-order valence-corrected chi connectivity index (χ3v) is 4.04. The van der Waals surface area contributed by atoms with Crippen LogP contribution in [0.4, 0.5) is 5.69 Å². The molecule has 8 nitrogen and oxygen atoms in total. The number of furan rings is 1. The number of nitrogens with zero attached hydrogens (tertiary/aromatic N) is 3. The largest absolute Gasteiger partial charge is 0.452 e. The molecule has 1 N–H and O–H groups in total. The van der Waals surface area contributed by atoms with E-state index in [0.29, 0.717) is 25.9 Å². The quantitative estimate of drug-likeness (QED) is 0.318. The first-order valence-corrected chi connectivity index (χ1v) is 9.01. The molecule has 0 atom stereocenters. The van der Waals surface area contributed by atoms with Crippen molar-refractivity contribution in [2.45, 2.75) is 0 Å². The van der Waals surface area contributed by atoms with Crippen LogP contribution in [0.25, 0.3) is 11.8 Å². The molecule has 0 fully saturated rings. The first kappa shape index (κ1) is 19.1. The van der Waals surface area contributed by atoms with Crippen LogP contribution in [0.2, 0.25) is 5.02 Å². The van der Waals surface area contributed by atoms with E-state index in [1.54, 1.807) is 30.3 Å². The Morgan fingerprint density at radius 1 is 1.33 bits per heavy atom. The number of rotatable bonds is 6. The topological polar surface area (TPSA) is 99.2 Å². The molecule has 10 heteroatoms. The SMILES string of the molecule is O=C(COC(=O)/C=C/c1ccc(I)o1)Nc1cc(Cl)ccc1-n1cncn1. The van der Waals surface area contributed by atoms with Gasteiger partial charge in [-0.2, -0.15) is 5.10 Å². The third-order valence-electron chi connectivity index (χ3n) is 3.22. The highest BCUT2D eigenvalue weighted by molar-refractivity contribution is 14.1. The summed E-state index contributed by atoms with van der Waals surface area (Å²) in [6.07, 6.45) is 5.50. The molecule has 27 heavy (non-hydrogen) atoms. The summed E-state index contributed by atoms with van der Waals surface area (Å²) in [5.74, 6) is -0.677. The van der Waals surface area contributed by atoms with Crippen LogP contribution in [0, 0.1) is 3.77 Å². The number of ether oxygens (including phenoxy) is 1. The van der Waals surface area contributed by atoms with Crippen molar-refractivity contribution < 1.29 is 18.7 Å². The van der Waals surface area contributed by atoms with Crippen LogP contribution in [0.5, 0.6) is 0 Å². The van der Waals surface area contributed by atoms with Crippen LogP contribution in [0.15, 0.2) is 53.5 Å². The zero-order valence-electron chi connectivity index (χ0n) is 13.6. The summed E-state index contributed by atoms with van der Waals surface area (Å²) < 4.78 is 12.4. The Morgan fingerprint density at radius 2 is 2.19 bits per heavy atom. The van der Waals surface area contributed by atoms with Gasteiger partial charge < -0.3 is 14.5 Å². The molecule has 138 valence electrons. The lowest BCUT2D eigenvalue weighted by Gasteiger charge is -2.11. The van der Waals surface area contributed by atoms with Crippen molar-refractivity contribution in [2.24, 2.45) is 0 Å². The third kappa shape index (κ3) is 5.41. The maximum atomic E-state index is 12.1. The Kier molecular flexibility index (Phi) is 6.24. The number of benzene rings is 1. The van der Waals surface area contributed by atoms with Crippen LogP contribution in [0.1, 0.15) is 5.76 Å². The summed E-state index contributed by atoms with van der Waals surface area (Å²) in [7, 11) is 0. The van der Waals surface area contributed by atoms with Gasteiger partial charge in [0, 0.05) is 11.1 Å². The number of hydrogen-bond acceptors (Lipinski definition) is 6. The molecule has 0 spiro atoms. The molecule has 3 rings (SSSR count). The standard InChI is InChI=1S/C17H12ClIN4O4/c18-11-1-4-14(23-10-20-9-21-23)13(7-11)22-16(24)8-26-17(25)6-3-12-2-5-15(19)27-12/h1-7,9-10H,8H2,(H,22,24)/b6-3+. The molecular weight excluding hydrogens is 487 g/mol. The highest BCUT2D eigenvalue weighted by Crippen LogP contribution is 2.23. The van der Waals surface area contributed by atoms with Crippen molar-refractivity contribution in [3.8, 4) is 5.69 Å². The number of carbonyl (C=O) groups excluding carboxylic acids is 2. The molecule has 0 unspecified atom stereocenters. The van der Waals surface area contributed by atoms with Crippen molar-refractivity contribution in [1.82, 2.24) is 14.8 Å². The van der Waals surface area contributed by atoms with Crippen LogP contribution in [-0.2, 0) is 14.3 Å². The first-order valence-electron chi connectivity index (χ1n) is 7.56. The highest BCUT2D eigenvalue weighted by atomic mass is 127. The van der Waals surface area contributed by atoms with E-state index in [4.69, 9.17) is 20.8 Å². The Morgan fingerprint density at radius 3 is 2.89 bits per heavy atom. The second-order valence-electron chi connectivity index (χ2n) is 5.13. The molecule has 0 radical (unpaired) electrons. The first-order chi connectivity index (χ1) is 13.0. The predicted octanol–water partition coefficient (Wildman–Crippen LogP) is 3.31. The van der Waals surface area contributed by atoms with E-state index in [1.165, 1.54) is 29.5 Å². The lowest BCUT2D eigenvalue weighted by atomic mass is 10.2. The van der Waals surface area contributed by atoms with Crippen LogP contribution < -0.4 is 5.32 Å². The summed E-state index contributed by atoms with van der Waals surface area (Å²) in [6.45, 7) is -0.456. The van der Waals surface area contributed by atoms with E-state index in [-0.39, 0.29) is 0 Å². The second kappa shape index (κ2) is 8.82. The summed E-state index contributed by atoms with van der Waals surface area (Å²) in [5, 5.41) is 7.09. The number of anilines is 1. The van der Waals surface area contributed by atoms with Crippen LogP contribution >= 0.6 is 34.2 Å². The van der Waals surface area contributed by atoms with Gasteiger partial charge in [0.05, 0.1) is 11.4 Å². The number of nitrogens with one attached hydrogen (secondary N) is 1. The van der Waals surface area contributed by atoms with Gasteiger partial charge in [0.2, 0.25) is 0 Å². The molecular formula is C17H12ClIN4O4. The Labute approximate surface area is 172 Å². The Bertz CT molecular complexity index is 985. The van der Waals surface area contributed by atoms with E-state index in [0.717, 1.165) is 0 Å². The minimum absolute atomic E-state index is 0.412. The summed E-state index contributed by atoms with van der Waals surface area (Å²) in [4.78, 5) is 27.7. The number of amides is 1. The molecule has 2 aromatic heterocycles. The van der Waals surface area contributed by atoms with Gasteiger partial charge in [-0.05, 0) is 59.0 Å². The Balaban J connectivity index is 1.59. The van der Waals surface area contributed by atoms with Gasteiger partial charge in [-0.25, -0.2) is 14.5 Å². The van der Waals surface area contributed by atoms with Gasteiger partial charge in [0.1, 0.15) is 18.4 Å².